The predicted molar refractivity (Wildman–Crippen MR) is 80.4 cm³/mol. The second kappa shape index (κ2) is 4.32. The molecule has 3 aliphatic carbocycles. The van der Waals surface area contributed by atoms with Crippen molar-refractivity contribution in [3.05, 3.63) is 35.4 Å². The van der Waals surface area contributed by atoms with E-state index < -0.39 is 5.60 Å². The maximum atomic E-state index is 11.5. The molecule has 0 aromatic heterocycles. The fourth-order valence-electron chi connectivity index (χ4n) is 5.60. The number of aliphatic hydroxyl groups is 1. The Hall–Kier alpha value is -0.860. The lowest BCUT2D eigenvalue weighted by Gasteiger charge is -2.52. The highest BCUT2D eigenvalue weighted by atomic mass is 16.3. The summed E-state index contributed by atoms with van der Waals surface area (Å²) < 4.78 is 0. The second-order valence-corrected chi connectivity index (χ2v) is 7.42. The second-order valence-electron chi connectivity index (χ2n) is 7.42. The molecule has 1 aromatic rings. The van der Waals surface area contributed by atoms with Crippen LogP contribution < -0.4 is 5.73 Å². The van der Waals surface area contributed by atoms with Crippen molar-refractivity contribution in [3.8, 4) is 0 Å². The topological polar surface area (TPSA) is 46.2 Å². The molecule has 0 radical (unpaired) electrons. The normalized spacial score (nSPS) is 42.7. The number of rotatable bonds is 2. The molecule has 1 aromatic carbocycles. The molecular formula is C18H25NO. The summed E-state index contributed by atoms with van der Waals surface area (Å²) in [6.45, 7) is 0.660. The molecule has 0 spiro atoms. The summed E-state index contributed by atoms with van der Waals surface area (Å²) in [4.78, 5) is 0. The van der Waals surface area contributed by atoms with Gasteiger partial charge in [0.15, 0.2) is 0 Å². The quantitative estimate of drug-likeness (QED) is 0.868. The number of fused-ring (bicyclic) bond motifs is 3. The summed E-state index contributed by atoms with van der Waals surface area (Å²) in [5, 5.41) is 11.5. The van der Waals surface area contributed by atoms with Gasteiger partial charge < -0.3 is 10.8 Å². The zero-order valence-corrected chi connectivity index (χ0v) is 12.1. The van der Waals surface area contributed by atoms with Gasteiger partial charge in [-0.25, -0.2) is 0 Å². The third-order valence-corrected chi connectivity index (χ3v) is 6.68. The van der Waals surface area contributed by atoms with Crippen LogP contribution in [-0.4, -0.2) is 17.3 Å². The molecule has 20 heavy (non-hydrogen) atoms. The number of hydrogen-bond donors (Lipinski definition) is 2. The summed E-state index contributed by atoms with van der Waals surface area (Å²) in [6.07, 6.45) is 7.82. The van der Waals surface area contributed by atoms with Crippen LogP contribution in [0.3, 0.4) is 0 Å². The number of hydrogen-bond acceptors (Lipinski definition) is 2. The highest BCUT2D eigenvalue weighted by molar-refractivity contribution is 5.33. The third kappa shape index (κ3) is 1.58. The van der Waals surface area contributed by atoms with Gasteiger partial charge in [-0.2, -0.15) is 0 Å². The van der Waals surface area contributed by atoms with Crippen LogP contribution in [0.25, 0.3) is 0 Å². The van der Waals surface area contributed by atoms with Crippen LogP contribution in [0.1, 0.15) is 43.2 Å². The summed E-state index contributed by atoms with van der Waals surface area (Å²) in [5.74, 6) is 1.48. The summed E-state index contributed by atoms with van der Waals surface area (Å²) in [7, 11) is 0. The molecule has 0 saturated heterocycles. The minimum absolute atomic E-state index is 0.0105. The van der Waals surface area contributed by atoms with Crippen LogP contribution >= 0.6 is 0 Å². The lowest BCUT2D eigenvalue weighted by Crippen LogP contribution is -2.58. The zero-order valence-electron chi connectivity index (χ0n) is 12.1. The Bertz CT molecular complexity index is 528. The van der Waals surface area contributed by atoms with Crippen molar-refractivity contribution in [1.29, 1.82) is 0 Å². The monoisotopic (exact) mass is 271 g/mol. The fraction of sp³-hybridized carbons (Fsp3) is 0.667. The number of benzene rings is 1. The minimum Gasteiger partial charge on any atom is -0.389 e. The van der Waals surface area contributed by atoms with Gasteiger partial charge in [-0.05, 0) is 55.1 Å². The smallest absolute Gasteiger partial charge is 0.0761 e. The van der Waals surface area contributed by atoms with E-state index in [0.717, 1.165) is 31.6 Å². The maximum absolute atomic E-state index is 11.5. The highest BCUT2D eigenvalue weighted by Gasteiger charge is 2.60. The van der Waals surface area contributed by atoms with E-state index in [1.807, 2.05) is 0 Å². The average molecular weight is 271 g/mol. The van der Waals surface area contributed by atoms with Gasteiger partial charge in [0.05, 0.1) is 5.60 Å². The molecule has 3 aliphatic rings. The number of aryl methyl sites for hydroxylation is 1. The van der Waals surface area contributed by atoms with E-state index in [4.69, 9.17) is 5.73 Å². The van der Waals surface area contributed by atoms with Crippen molar-refractivity contribution in [2.75, 3.05) is 6.54 Å². The van der Waals surface area contributed by atoms with Crippen LogP contribution in [-0.2, 0) is 12.8 Å². The molecule has 0 heterocycles. The molecule has 2 bridgehead atoms. The molecular weight excluding hydrogens is 246 g/mol. The van der Waals surface area contributed by atoms with E-state index in [1.54, 1.807) is 0 Å². The first-order valence-electron chi connectivity index (χ1n) is 8.16. The average Bonchev–Trinajstić information content (AvgIpc) is 3.08. The molecule has 2 saturated carbocycles. The van der Waals surface area contributed by atoms with Crippen molar-refractivity contribution in [1.82, 2.24) is 0 Å². The van der Waals surface area contributed by atoms with Gasteiger partial charge in [0.1, 0.15) is 0 Å². The first-order chi connectivity index (χ1) is 9.67. The molecule has 0 amide bonds. The molecule has 2 nitrogen and oxygen atoms in total. The largest absolute Gasteiger partial charge is 0.389 e. The fourth-order valence-corrected chi connectivity index (χ4v) is 5.60. The molecule has 4 rings (SSSR count). The van der Waals surface area contributed by atoms with Gasteiger partial charge in [-0.3, -0.25) is 0 Å². The van der Waals surface area contributed by atoms with Crippen LogP contribution in [0.15, 0.2) is 24.3 Å². The van der Waals surface area contributed by atoms with Gasteiger partial charge in [-0.1, -0.05) is 30.7 Å². The Morgan fingerprint density at radius 3 is 2.65 bits per heavy atom. The van der Waals surface area contributed by atoms with Gasteiger partial charge in [0.2, 0.25) is 0 Å². The van der Waals surface area contributed by atoms with Gasteiger partial charge in [0, 0.05) is 18.4 Å². The van der Waals surface area contributed by atoms with Crippen molar-refractivity contribution in [2.45, 2.75) is 50.5 Å². The lowest BCUT2D eigenvalue weighted by atomic mass is 9.57. The Morgan fingerprint density at radius 1 is 1.20 bits per heavy atom. The Morgan fingerprint density at radius 2 is 2.00 bits per heavy atom. The van der Waals surface area contributed by atoms with E-state index in [1.165, 1.54) is 30.4 Å². The standard InChI is InChI=1S/C18H25NO/c19-12-17(10-13-5-6-16(17)9-13)18(20)8-7-14-3-1-2-4-15(14)11-18/h1-4,13,16,20H,5-12,19H2. The SMILES string of the molecule is NCC1(C2(O)CCc3ccccc3C2)CC2CCC1C2. The Balaban J connectivity index is 1.71. The molecule has 108 valence electrons. The van der Waals surface area contributed by atoms with E-state index in [-0.39, 0.29) is 5.41 Å². The van der Waals surface area contributed by atoms with Crippen LogP contribution in [0.2, 0.25) is 0 Å². The van der Waals surface area contributed by atoms with Crippen LogP contribution in [0.5, 0.6) is 0 Å². The van der Waals surface area contributed by atoms with E-state index in [2.05, 4.69) is 24.3 Å². The van der Waals surface area contributed by atoms with E-state index in [0.29, 0.717) is 12.5 Å². The molecule has 0 aliphatic heterocycles. The first kappa shape index (κ1) is 12.8. The molecule has 2 heteroatoms. The predicted octanol–water partition coefficient (Wildman–Crippen LogP) is 2.67. The van der Waals surface area contributed by atoms with Crippen molar-refractivity contribution < 1.29 is 5.11 Å². The lowest BCUT2D eigenvalue weighted by molar-refractivity contribution is -0.118. The number of nitrogens with two attached hydrogens (primary N) is 1. The van der Waals surface area contributed by atoms with Gasteiger partial charge in [-0.15, -0.1) is 0 Å². The molecule has 2 fully saturated rings. The minimum atomic E-state index is -0.573. The first-order valence-corrected chi connectivity index (χ1v) is 8.16. The maximum Gasteiger partial charge on any atom is 0.0761 e. The highest BCUT2D eigenvalue weighted by Crippen LogP contribution is 2.62. The molecule has 3 N–H and O–H groups in total. The van der Waals surface area contributed by atoms with Crippen LogP contribution in [0, 0.1) is 17.3 Å². The van der Waals surface area contributed by atoms with E-state index in [9.17, 15) is 5.11 Å². The van der Waals surface area contributed by atoms with Gasteiger partial charge in [0.25, 0.3) is 0 Å². The van der Waals surface area contributed by atoms with Crippen molar-refractivity contribution in [3.63, 3.8) is 0 Å². The molecule has 4 atom stereocenters. The molecule has 4 unspecified atom stereocenters. The van der Waals surface area contributed by atoms with Crippen molar-refractivity contribution >= 4 is 0 Å². The summed E-state index contributed by atoms with van der Waals surface area (Å²) >= 11 is 0. The summed E-state index contributed by atoms with van der Waals surface area (Å²) in [5.41, 5.74) is 8.42. The van der Waals surface area contributed by atoms with Gasteiger partial charge >= 0.3 is 0 Å². The third-order valence-electron chi connectivity index (χ3n) is 6.68. The zero-order chi connectivity index (χ0) is 13.8. The Labute approximate surface area is 121 Å². The Kier molecular flexibility index (Phi) is 2.77. The summed E-state index contributed by atoms with van der Waals surface area (Å²) in [6, 6.07) is 8.61. The van der Waals surface area contributed by atoms with E-state index >= 15 is 0 Å². The van der Waals surface area contributed by atoms with Crippen LogP contribution in [0.4, 0.5) is 0 Å². The van der Waals surface area contributed by atoms with Crippen molar-refractivity contribution in [2.24, 2.45) is 23.0 Å².